The molecule has 1 aromatic carbocycles. The maximum Gasteiger partial charge on any atom is 0.243 e. The summed E-state index contributed by atoms with van der Waals surface area (Å²) in [5.74, 6) is 0.280. The lowest BCUT2D eigenvalue weighted by molar-refractivity contribution is 0.118. The molecule has 1 unspecified atom stereocenters. The molecule has 21 heavy (non-hydrogen) atoms. The van der Waals surface area contributed by atoms with E-state index in [2.05, 4.69) is 0 Å². The van der Waals surface area contributed by atoms with Crippen LogP contribution >= 0.6 is 0 Å². The van der Waals surface area contributed by atoms with Crippen LogP contribution in [0.25, 0.3) is 0 Å². The van der Waals surface area contributed by atoms with Gasteiger partial charge in [0, 0.05) is 26.7 Å². The van der Waals surface area contributed by atoms with Crippen LogP contribution in [-0.4, -0.2) is 39.5 Å². The lowest BCUT2D eigenvalue weighted by atomic mass is 10.0. The van der Waals surface area contributed by atoms with Gasteiger partial charge in [-0.2, -0.15) is 4.31 Å². The van der Waals surface area contributed by atoms with Crippen molar-refractivity contribution in [3.05, 3.63) is 29.3 Å². The Hall–Kier alpha value is -0.950. The van der Waals surface area contributed by atoms with Gasteiger partial charge in [0.05, 0.1) is 11.5 Å². The summed E-state index contributed by atoms with van der Waals surface area (Å²) in [6.45, 7) is 3.97. The second-order valence-electron chi connectivity index (χ2n) is 5.63. The molecular formula is C15H24N2O3S. The van der Waals surface area contributed by atoms with Crippen molar-refractivity contribution in [2.75, 3.05) is 26.8 Å². The second kappa shape index (κ2) is 6.87. The van der Waals surface area contributed by atoms with Gasteiger partial charge in [-0.15, -0.1) is 0 Å². The van der Waals surface area contributed by atoms with Crippen molar-refractivity contribution in [2.24, 2.45) is 11.7 Å². The number of rotatable bonds is 5. The maximum atomic E-state index is 12.8. The van der Waals surface area contributed by atoms with Crippen molar-refractivity contribution in [3.8, 4) is 0 Å². The largest absolute Gasteiger partial charge is 0.384 e. The number of aryl methyl sites for hydroxylation is 1. The minimum atomic E-state index is -3.43. The van der Waals surface area contributed by atoms with E-state index in [1.54, 1.807) is 23.5 Å². The van der Waals surface area contributed by atoms with Gasteiger partial charge in [0.1, 0.15) is 0 Å². The Bertz CT molecular complexity index is 585. The van der Waals surface area contributed by atoms with Gasteiger partial charge >= 0.3 is 0 Å². The molecule has 2 N–H and O–H groups in total. The van der Waals surface area contributed by atoms with Gasteiger partial charge in [-0.3, -0.25) is 0 Å². The first-order chi connectivity index (χ1) is 9.98. The fourth-order valence-corrected chi connectivity index (χ4v) is 4.64. The Morgan fingerprint density at radius 2 is 2.19 bits per heavy atom. The minimum Gasteiger partial charge on any atom is -0.384 e. The number of nitrogens with zero attached hydrogens (tertiary/aromatic N) is 1. The second-order valence-corrected chi connectivity index (χ2v) is 7.54. The van der Waals surface area contributed by atoms with Gasteiger partial charge in [-0.05, 0) is 42.9 Å². The molecule has 0 amide bonds. The molecule has 0 bridgehead atoms. The van der Waals surface area contributed by atoms with Crippen molar-refractivity contribution in [1.82, 2.24) is 4.31 Å². The Morgan fingerprint density at radius 3 is 2.81 bits per heavy atom. The lowest BCUT2D eigenvalue weighted by Gasteiger charge is -2.32. The molecule has 6 heteroatoms. The van der Waals surface area contributed by atoms with Gasteiger partial charge < -0.3 is 10.5 Å². The summed E-state index contributed by atoms with van der Waals surface area (Å²) in [4.78, 5) is 0.387. The fraction of sp³-hybridized carbons (Fsp3) is 0.600. The summed E-state index contributed by atoms with van der Waals surface area (Å²) in [5, 5.41) is 0. The number of ether oxygens (including phenoxy) is 1. The van der Waals surface area contributed by atoms with Crippen molar-refractivity contribution >= 4 is 10.0 Å². The van der Waals surface area contributed by atoms with Gasteiger partial charge in [0.25, 0.3) is 0 Å². The van der Waals surface area contributed by atoms with Crippen molar-refractivity contribution in [1.29, 1.82) is 0 Å². The molecule has 1 atom stereocenters. The van der Waals surface area contributed by atoms with E-state index in [4.69, 9.17) is 10.5 Å². The molecule has 0 saturated carbocycles. The molecule has 1 aliphatic rings. The van der Waals surface area contributed by atoms with Crippen LogP contribution in [0.2, 0.25) is 0 Å². The number of nitrogens with two attached hydrogens (primary N) is 1. The molecular weight excluding hydrogens is 288 g/mol. The van der Waals surface area contributed by atoms with Crippen LogP contribution in [0, 0.1) is 12.8 Å². The highest BCUT2D eigenvalue weighted by Crippen LogP contribution is 2.26. The molecule has 0 radical (unpaired) electrons. The Labute approximate surface area is 127 Å². The third-order valence-corrected chi connectivity index (χ3v) is 6.00. The molecule has 1 aliphatic heterocycles. The smallest absolute Gasteiger partial charge is 0.243 e. The van der Waals surface area contributed by atoms with Crippen molar-refractivity contribution < 1.29 is 13.2 Å². The number of methoxy groups -OCH3 is 1. The van der Waals surface area contributed by atoms with Crippen LogP contribution in [0.3, 0.4) is 0 Å². The molecule has 1 aromatic rings. The van der Waals surface area contributed by atoms with Gasteiger partial charge in [-0.1, -0.05) is 12.1 Å². The topological polar surface area (TPSA) is 72.6 Å². The zero-order valence-corrected chi connectivity index (χ0v) is 13.5. The van der Waals surface area contributed by atoms with Crippen LogP contribution in [0.1, 0.15) is 24.0 Å². The van der Waals surface area contributed by atoms with E-state index in [0.717, 1.165) is 24.0 Å². The van der Waals surface area contributed by atoms with Gasteiger partial charge in [0.15, 0.2) is 0 Å². The number of benzene rings is 1. The van der Waals surface area contributed by atoms with Crippen molar-refractivity contribution in [2.45, 2.75) is 31.2 Å². The van der Waals surface area contributed by atoms with Crippen LogP contribution in [0.5, 0.6) is 0 Å². The molecule has 1 saturated heterocycles. The molecule has 1 heterocycles. The monoisotopic (exact) mass is 312 g/mol. The summed E-state index contributed by atoms with van der Waals surface area (Å²) < 4.78 is 32.4. The van der Waals surface area contributed by atoms with Crippen LogP contribution in [0.4, 0.5) is 0 Å². The van der Waals surface area contributed by atoms with Crippen LogP contribution < -0.4 is 5.73 Å². The summed E-state index contributed by atoms with van der Waals surface area (Å²) in [7, 11) is -1.78. The number of hydrogen-bond acceptors (Lipinski definition) is 4. The van der Waals surface area contributed by atoms with Crippen LogP contribution in [-0.2, 0) is 21.3 Å². The van der Waals surface area contributed by atoms with E-state index in [1.807, 2.05) is 13.0 Å². The zero-order chi connectivity index (χ0) is 15.5. The highest BCUT2D eigenvalue weighted by Gasteiger charge is 2.31. The predicted molar refractivity (Wildman–Crippen MR) is 82.4 cm³/mol. The minimum absolute atomic E-state index is 0.280. The zero-order valence-electron chi connectivity index (χ0n) is 12.7. The van der Waals surface area contributed by atoms with E-state index in [1.165, 1.54) is 0 Å². The summed E-state index contributed by atoms with van der Waals surface area (Å²) in [5.41, 5.74) is 7.30. The summed E-state index contributed by atoms with van der Waals surface area (Å²) in [6.07, 6.45) is 1.90. The van der Waals surface area contributed by atoms with Gasteiger partial charge in [-0.25, -0.2) is 8.42 Å². The standard InChI is InChI=1S/C15H24N2O3S/c1-12-8-13(9-16)5-6-15(12)21(18,19)17-7-3-4-14(10-17)11-20-2/h5-6,8,14H,3-4,7,9-11,16H2,1-2H3. The first kappa shape index (κ1) is 16.4. The molecule has 0 aliphatic carbocycles. The van der Waals surface area contributed by atoms with E-state index in [-0.39, 0.29) is 5.92 Å². The first-order valence-corrected chi connectivity index (χ1v) is 8.71. The van der Waals surface area contributed by atoms with E-state index < -0.39 is 10.0 Å². The number of piperidine rings is 1. The number of hydrogen-bond donors (Lipinski definition) is 1. The SMILES string of the molecule is COCC1CCCN(S(=O)(=O)c2ccc(CN)cc2C)C1. The van der Waals surface area contributed by atoms with Crippen molar-refractivity contribution in [3.63, 3.8) is 0 Å². The maximum absolute atomic E-state index is 12.8. The number of sulfonamides is 1. The highest BCUT2D eigenvalue weighted by molar-refractivity contribution is 7.89. The third kappa shape index (κ3) is 3.63. The Morgan fingerprint density at radius 1 is 1.43 bits per heavy atom. The molecule has 1 fully saturated rings. The van der Waals surface area contributed by atoms with E-state index in [9.17, 15) is 8.42 Å². The lowest BCUT2D eigenvalue weighted by Crippen LogP contribution is -2.41. The summed E-state index contributed by atoms with van der Waals surface area (Å²) in [6, 6.07) is 5.31. The first-order valence-electron chi connectivity index (χ1n) is 7.27. The predicted octanol–water partition coefficient (Wildman–Crippen LogP) is 1.50. The molecule has 0 aromatic heterocycles. The van der Waals surface area contributed by atoms with E-state index in [0.29, 0.717) is 31.1 Å². The summed E-state index contributed by atoms with van der Waals surface area (Å²) >= 11 is 0. The third-order valence-electron chi connectivity index (χ3n) is 3.98. The average molecular weight is 312 g/mol. The highest BCUT2D eigenvalue weighted by atomic mass is 32.2. The van der Waals surface area contributed by atoms with E-state index >= 15 is 0 Å². The molecule has 5 nitrogen and oxygen atoms in total. The van der Waals surface area contributed by atoms with Gasteiger partial charge in [0.2, 0.25) is 10.0 Å². The normalized spacial score (nSPS) is 20.6. The quantitative estimate of drug-likeness (QED) is 0.894. The fourth-order valence-electron chi connectivity index (χ4n) is 2.88. The molecule has 118 valence electrons. The average Bonchev–Trinajstić information content (AvgIpc) is 2.47. The van der Waals surface area contributed by atoms with Crippen LogP contribution in [0.15, 0.2) is 23.1 Å². The molecule has 0 spiro atoms. The Kier molecular flexibility index (Phi) is 5.37. The molecule has 2 rings (SSSR count). The Balaban J connectivity index is 2.25.